The maximum atomic E-state index is 12.3. The Hall–Kier alpha value is -2.47. The fourth-order valence-electron chi connectivity index (χ4n) is 2.29. The molecule has 0 saturated carbocycles. The van der Waals surface area contributed by atoms with E-state index in [2.05, 4.69) is 31.3 Å². The first-order valence-corrected chi connectivity index (χ1v) is 7.89. The van der Waals surface area contributed by atoms with Gasteiger partial charge in [-0.2, -0.15) is 5.10 Å². The van der Waals surface area contributed by atoms with Crippen LogP contribution in [-0.4, -0.2) is 20.7 Å². The number of benzene rings is 1. The maximum absolute atomic E-state index is 12.3. The zero-order valence-corrected chi connectivity index (χ0v) is 14.1. The molecular formula is C17H15BrN4O. The van der Waals surface area contributed by atoms with Gasteiger partial charge in [0.25, 0.3) is 5.91 Å². The summed E-state index contributed by atoms with van der Waals surface area (Å²) >= 11 is 3.37. The second kappa shape index (κ2) is 6.75. The third-order valence-electron chi connectivity index (χ3n) is 3.40. The van der Waals surface area contributed by atoms with Crippen molar-refractivity contribution < 1.29 is 4.79 Å². The van der Waals surface area contributed by atoms with Crippen LogP contribution in [0.25, 0.3) is 11.3 Å². The number of carbonyl (C=O) groups is 1. The van der Waals surface area contributed by atoms with Crippen molar-refractivity contribution >= 4 is 21.8 Å². The van der Waals surface area contributed by atoms with E-state index in [9.17, 15) is 4.79 Å². The molecule has 1 N–H and O–H groups in total. The van der Waals surface area contributed by atoms with Crippen LogP contribution in [0, 0.1) is 0 Å². The van der Waals surface area contributed by atoms with Crippen molar-refractivity contribution in [3.8, 4) is 11.3 Å². The lowest BCUT2D eigenvalue weighted by atomic mass is 10.1. The largest absolute Gasteiger partial charge is 0.348 e. The maximum Gasteiger partial charge on any atom is 0.251 e. The fraction of sp³-hybridized carbons (Fsp3) is 0.118. The number of carbonyl (C=O) groups excluding carboxylic acids is 1. The van der Waals surface area contributed by atoms with Crippen molar-refractivity contribution in [2.75, 3.05) is 0 Å². The smallest absolute Gasteiger partial charge is 0.251 e. The van der Waals surface area contributed by atoms with E-state index in [4.69, 9.17) is 0 Å². The molecule has 23 heavy (non-hydrogen) atoms. The van der Waals surface area contributed by atoms with Crippen molar-refractivity contribution in [3.63, 3.8) is 0 Å². The molecule has 0 radical (unpaired) electrons. The molecule has 0 atom stereocenters. The molecular weight excluding hydrogens is 356 g/mol. The average molecular weight is 371 g/mol. The molecule has 116 valence electrons. The summed E-state index contributed by atoms with van der Waals surface area (Å²) in [5.74, 6) is -0.118. The van der Waals surface area contributed by atoms with E-state index in [0.717, 1.165) is 21.3 Å². The van der Waals surface area contributed by atoms with Gasteiger partial charge >= 0.3 is 0 Å². The summed E-state index contributed by atoms with van der Waals surface area (Å²) in [7, 11) is 1.86. The minimum Gasteiger partial charge on any atom is -0.348 e. The number of hydrogen-bond donors (Lipinski definition) is 1. The van der Waals surface area contributed by atoms with E-state index in [0.29, 0.717) is 12.1 Å². The monoisotopic (exact) mass is 370 g/mol. The van der Waals surface area contributed by atoms with E-state index in [1.165, 1.54) is 0 Å². The van der Waals surface area contributed by atoms with Crippen LogP contribution in [0.4, 0.5) is 0 Å². The Morgan fingerprint density at radius 2 is 2.17 bits per heavy atom. The highest BCUT2D eigenvalue weighted by Gasteiger charge is 2.10. The van der Waals surface area contributed by atoms with Gasteiger partial charge in [0.2, 0.25) is 0 Å². The van der Waals surface area contributed by atoms with Gasteiger partial charge in [0.15, 0.2) is 0 Å². The van der Waals surface area contributed by atoms with Crippen LogP contribution < -0.4 is 5.32 Å². The van der Waals surface area contributed by atoms with Crippen LogP contribution in [0.2, 0.25) is 0 Å². The van der Waals surface area contributed by atoms with Gasteiger partial charge in [-0.3, -0.25) is 14.5 Å². The summed E-state index contributed by atoms with van der Waals surface area (Å²) in [6.45, 7) is 0.406. The molecule has 3 rings (SSSR count). The zero-order chi connectivity index (χ0) is 16.2. The number of hydrogen-bond acceptors (Lipinski definition) is 3. The molecule has 6 heteroatoms. The Kier molecular flexibility index (Phi) is 4.52. The molecule has 0 saturated heterocycles. The van der Waals surface area contributed by atoms with Crippen molar-refractivity contribution in [3.05, 3.63) is 70.6 Å². The number of amides is 1. The molecule has 0 fully saturated rings. The van der Waals surface area contributed by atoms with Crippen molar-refractivity contribution in [1.29, 1.82) is 0 Å². The average Bonchev–Trinajstić information content (AvgIpc) is 2.99. The number of aromatic nitrogens is 3. The van der Waals surface area contributed by atoms with Gasteiger partial charge in [-0.15, -0.1) is 0 Å². The minimum absolute atomic E-state index is 0.118. The number of rotatable bonds is 4. The summed E-state index contributed by atoms with van der Waals surface area (Å²) in [4.78, 5) is 16.7. The lowest BCUT2D eigenvalue weighted by molar-refractivity contribution is 0.0951. The van der Waals surface area contributed by atoms with E-state index in [1.807, 2.05) is 37.5 Å². The normalized spacial score (nSPS) is 10.5. The highest BCUT2D eigenvalue weighted by atomic mass is 79.9. The highest BCUT2D eigenvalue weighted by Crippen LogP contribution is 2.20. The first-order valence-electron chi connectivity index (χ1n) is 7.10. The lowest BCUT2D eigenvalue weighted by Crippen LogP contribution is -2.23. The van der Waals surface area contributed by atoms with Gasteiger partial charge in [-0.1, -0.05) is 28.1 Å². The fourth-order valence-corrected chi connectivity index (χ4v) is 2.69. The molecule has 1 aromatic carbocycles. The quantitative estimate of drug-likeness (QED) is 0.767. The number of pyridine rings is 1. The van der Waals surface area contributed by atoms with Crippen molar-refractivity contribution in [2.24, 2.45) is 7.05 Å². The molecule has 3 aromatic rings. The van der Waals surface area contributed by atoms with Crippen LogP contribution >= 0.6 is 15.9 Å². The SMILES string of the molecule is Cn1cc(-c2ncccc2CNC(=O)c2cccc(Br)c2)cn1. The van der Waals surface area contributed by atoms with Crippen molar-refractivity contribution in [2.45, 2.75) is 6.54 Å². The first-order chi connectivity index (χ1) is 11.1. The van der Waals surface area contributed by atoms with E-state index in [-0.39, 0.29) is 5.91 Å². The first kappa shape index (κ1) is 15.4. The Labute approximate surface area is 142 Å². The number of halogens is 1. The Morgan fingerprint density at radius 1 is 1.30 bits per heavy atom. The topological polar surface area (TPSA) is 59.8 Å². The molecule has 1 amide bonds. The third kappa shape index (κ3) is 3.65. The van der Waals surface area contributed by atoms with Gasteiger partial charge in [0.05, 0.1) is 11.9 Å². The molecule has 2 aromatic heterocycles. The molecule has 0 spiro atoms. The summed E-state index contributed by atoms with van der Waals surface area (Å²) in [5, 5.41) is 7.10. The Bertz CT molecular complexity index is 844. The standard InChI is InChI=1S/C17H15BrN4O/c1-22-11-14(10-21-22)16-13(5-3-7-19-16)9-20-17(23)12-4-2-6-15(18)8-12/h2-8,10-11H,9H2,1H3,(H,20,23). The summed E-state index contributed by atoms with van der Waals surface area (Å²) < 4.78 is 2.61. The number of nitrogens with zero attached hydrogens (tertiary/aromatic N) is 3. The predicted molar refractivity (Wildman–Crippen MR) is 91.8 cm³/mol. The van der Waals surface area contributed by atoms with Gasteiger partial charge in [-0.05, 0) is 29.8 Å². The number of nitrogens with one attached hydrogen (secondary N) is 1. The minimum atomic E-state index is -0.118. The molecule has 0 aliphatic carbocycles. The molecule has 0 aliphatic heterocycles. The van der Waals surface area contributed by atoms with Crippen LogP contribution in [-0.2, 0) is 13.6 Å². The van der Waals surface area contributed by atoms with E-state index in [1.54, 1.807) is 29.2 Å². The predicted octanol–water partition coefficient (Wildman–Crippen LogP) is 3.17. The Balaban J connectivity index is 1.77. The Morgan fingerprint density at radius 3 is 2.91 bits per heavy atom. The third-order valence-corrected chi connectivity index (χ3v) is 3.89. The van der Waals surface area contributed by atoms with Gasteiger partial charge in [0, 0.05) is 41.6 Å². The molecule has 0 bridgehead atoms. The highest BCUT2D eigenvalue weighted by molar-refractivity contribution is 9.10. The van der Waals surface area contributed by atoms with Gasteiger partial charge in [0.1, 0.15) is 0 Å². The molecule has 0 unspecified atom stereocenters. The molecule has 5 nitrogen and oxygen atoms in total. The van der Waals surface area contributed by atoms with Crippen LogP contribution in [0.15, 0.2) is 59.5 Å². The van der Waals surface area contributed by atoms with Gasteiger partial charge in [-0.25, -0.2) is 0 Å². The van der Waals surface area contributed by atoms with Gasteiger partial charge < -0.3 is 5.32 Å². The lowest BCUT2D eigenvalue weighted by Gasteiger charge is -2.09. The van der Waals surface area contributed by atoms with E-state index >= 15 is 0 Å². The number of aryl methyl sites for hydroxylation is 1. The summed E-state index contributed by atoms with van der Waals surface area (Å²) in [6.07, 6.45) is 5.41. The molecule has 0 aliphatic rings. The summed E-state index contributed by atoms with van der Waals surface area (Å²) in [5.41, 5.74) is 3.32. The summed E-state index contributed by atoms with van der Waals surface area (Å²) in [6, 6.07) is 11.1. The second-order valence-corrected chi connectivity index (χ2v) is 6.02. The molecule has 2 heterocycles. The van der Waals surface area contributed by atoms with Crippen LogP contribution in [0.5, 0.6) is 0 Å². The second-order valence-electron chi connectivity index (χ2n) is 5.11. The zero-order valence-electron chi connectivity index (χ0n) is 12.5. The van der Waals surface area contributed by atoms with Crippen LogP contribution in [0.1, 0.15) is 15.9 Å². The van der Waals surface area contributed by atoms with E-state index < -0.39 is 0 Å². The van der Waals surface area contributed by atoms with Crippen LogP contribution in [0.3, 0.4) is 0 Å². The van der Waals surface area contributed by atoms with Crippen molar-refractivity contribution in [1.82, 2.24) is 20.1 Å².